The van der Waals surface area contributed by atoms with E-state index in [1.165, 1.54) is 4.31 Å². The summed E-state index contributed by atoms with van der Waals surface area (Å²) < 4.78 is 34.6. The van der Waals surface area contributed by atoms with Crippen LogP contribution in [0.3, 0.4) is 0 Å². The van der Waals surface area contributed by atoms with Crippen molar-refractivity contribution < 1.29 is 17.6 Å². The molecule has 0 unspecified atom stereocenters. The van der Waals surface area contributed by atoms with E-state index in [0.717, 1.165) is 25.7 Å². The standard InChI is InChI=1S/C14H21N3O4S/c18-14-11(5-1-2-8-15-14)16-22(19,20)17-9-3-6-12(17)13-7-4-10-21-13/h4,7,10-12,16H,1-3,5-6,8-9H2,(H,15,18)/t11-,12-/m0/s1. The van der Waals surface area contributed by atoms with Gasteiger partial charge in [-0.2, -0.15) is 17.4 Å². The van der Waals surface area contributed by atoms with Crippen LogP contribution in [0, 0.1) is 0 Å². The van der Waals surface area contributed by atoms with Gasteiger partial charge in [0.25, 0.3) is 10.2 Å². The van der Waals surface area contributed by atoms with Crippen LogP contribution in [0.2, 0.25) is 0 Å². The van der Waals surface area contributed by atoms with Crippen molar-refractivity contribution >= 4 is 16.1 Å². The Morgan fingerprint density at radius 1 is 1.27 bits per heavy atom. The van der Waals surface area contributed by atoms with Crippen LogP contribution in [-0.2, 0) is 15.0 Å². The highest BCUT2D eigenvalue weighted by atomic mass is 32.2. The van der Waals surface area contributed by atoms with Crippen molar-refractivity contribution in [3.05, 3.63) is 24.2 Å². The molecular formula is C14H21N3O4S. The van der Waals surface area contributed by atoms with Gasteiger partial charge in [0.15, 0.2) is 0 Å². The quantitative estimate of drug-likeness (QED) is 0.860. The lowest BCUT2D eigenvalue weighted by molar-refractivity contribution is -0.122. The van der Waals surface area contributed by atoms with Gasteiger partial charge in [-0.25, -0.2) is 0 Å². The summed E-state index contributed by atoms with van der Waals surface area (Å²) in [5.74, 6) is 0.406. The van der Waals surface area contributed by atoms with Gasteiger partial charge in [-0.05, 0) is 44.2 Å². The van der Waals surface area contributed by atoms with E-state index in [9.17, 15) is 13.2 Å². The van der Waals surface area contributed by atoms with Gasteiger partial charge in [-0.15, -0.1) is 0 Å². The monoisotopic (exact) mass is 327 g/mol. The van der Waals surface area contributed by atoms with E-state index in [1.807, 2.05) is 0 Å². The second kappa shape index (κ2) is 6.39. The van der Waals surface area contributed by atoms with Gasteiger partial charge in [-0.1, -0.05) is 0 Å². The van der Waals surface area contributed by atoms with Crippen LogP contribution in [-0.4, -0.2) is 37.8 Å². The molecule has 0 spiro atoms. The molecular weight excluding hydrogens is 306 g/mol. The van der Waals surface area contributed by atoms with Crippen LogP contribution in [0.15, 0.2) is 22.8 Å². The van der Waals surface area contributed by atoms with Crippen molar-refractivity contribution in [3.63, 3.8) is 0 Å². The summed E-state index contributed by atoms with van der Waals surface area (Å²) in [4.78, 5) is 11.9. The highest BCUT2D eigenvalue weighted by Gasteiger charge is 2.38. The average Bonchev–Trinajstić information content (AvgIpc) is 3.12. The first-order valence-electron chi connectivity index (χ1n) is 7.68. The molecule has 2 N–H and O–H groups in total. The Morgan fingerprint density at radius 3 is 2.91 bits per heavy atom. The average molecular weight is 327 g/mol. The maximum absolute atomic E-state index is 12.7. The van der Waals surface area contributed by atoms with E-state index in [-0.39, 0.29) is 11.9 Å². The predicted octanol–water partition coefficient (Wildman–Crippen LogP) is 0.920. The summed E-state index contributed by atoms with van der Waals surface area (Å²) in [7, 11) is -3.72. The fourth-order valence-electron chi connectivity index (χ4n) is 3.09. The number of carbonyl (C=O) groups is 1. The Labute approximate surface area is 130 Å². The molecule has 1 amide bonds. The van der Waals surface area contributed by atoms with Gasteiger partial charge in [0.2, 0.25) is 5.91 Å². The lowest BCUT2D eigenvalue weighted by atomic mass is 10.1. The number of rotatable bonds is 4. The van der Waals surface area contributed by atoms with Crippen molar-refractivity contribution in [2.75, 3.05) is 13.1 Å². The number of carbonyl (C=O) groups excluding carboxylic acids is 1. The largest absolute Gasteiger partial charge is 0.468 e. The van der Waals surface area contributed by atoms with Crippen LogP contribution in [0.5, 0.6) is 0 Å². The molecule has 2 atom stereocenters. The lowest BCUT2D eigenvalue weighted by Crippen LogP contribution is -2.50. The third-order valence-corrected chi connectivity index (χ3v) is 5.85. The smallest absolute Gasteiger partial charge is 0.280 e. The number of amides is 1. The first-order chi connectivity index (χ1) is 10.6. The molecule has 0 aromatic carbocycles. The van der Waals surface area contributed by atoms with Crippen LogP contribution >= 0.6 is 0 Å². The fraction of sp³-hybridized carbons (Fsp3) is 0.643. The minimum absolute atomic E-state index is 0.241. The van der Waals surface area contributed by atoms with E-state index in [2.05, 4.69) is 10.0 Å². The highest BCUT2D eigenvalue weighted by molar-refractivity contribution is 7.87. The molecule has 2 aliphatic heterocycles. The van der Waals surface area contributed by atoms with Gasteiger partial charge in [0.05, 0.1) is 12.3 Å². The van der Waals surface area contributed by atoms with Gasteiger partial charge in [0, 0.05) is 13.1 Å². The van der Waals surface area contributed by atoms with Crippen LogP contribution < -0.4 is 10.0 Å². The third kappa shape index (κ3) is 3.18. The minimum atomic E-state index is -3.72. The molecule has 8 heteroatoms. The second-order valence-corrected chi connectivity index (χ2v) is 7.40. The molecule has 0 radical (unpaired) electrons. The molecule has 1 aromatic heterocycles. The Morgan fingerprint density at radius 2 is 2.14 bits per heavy atom. The summed E-state index contributed by atoms with van der Waals surface area (Å²) in [5, 5.41) is 2.74. The van der Waals surface area contributed by atoms with E-state index in [4.69, 9.17) is 4.42 Å². The summed E-state index contributed by atoms with van der Waals surface area (Å²) in [6.07, 6.45) is 5.29. The lowest BCUT2D eigenvalue weighted by Gasteiger charge is -2.25. The molecule has 3 heterocycles. The normalized spacial score (nSPS) is 27.5. The van der Waals surface area contributed by atoms with Gasteiger partial charge in [0.1, 0.15) is 11.8 Å². The zero-order chi connectivity index (χ0) is 15.6. The zero-order valence-corrected chi connectivity index (χ0v) is 13.1. The Kier molecular flexibility index (Phi) is 4.51. The maximum atomic E-state index is 12.7. The minimum Gasteiger partial charge on any atom is -0.468 e. The molecule has 1 aromatic rings. The SMILES string of the molecule is O=C1NCCCC[C@@H]1NS(=O)(=O)N1CCC[C@H]1c1ccco1. The summed E-state index contributed by atoms with van der Waals surface area (Å²) in [6, 6.07) is 2.56. The summed E-state index contributed by atoms with van der Waals surface area (Å²) >= 11 is 0. The maximum Gasteiger partial charge on any atom is 0.280 e. The molecule has 0 bridgehead atoms. The third-order valence-electron chi connectivity index (χ3n) is 4.21. The van der Waals surface area contributed by atoms with Crippen molar-refractivity contribution in [3.8, 4) is 0 Å². The van der Waals surface area contributed by atoms with Crippen molar-refractivity contribution in [2.45, 2.75) is 44.2 Å². The summed E-state index contributed by atoms with van der Waals surface area (Å²) in [6.45, 7) is 1.05. The number of furan rings is 1. The Hall–Kier alpha value is -1.38. The Balaban J connectivity index is 1.75. The van der Waals surface area contributed by atoms with Crippen LogP contribution in [0.4, 0.5) is 0 Å². The van der Waals surface area contributed by atoms with Gasteiger partial charge >= 0.3 is 0 Å². The molecule has 0 aliphatic carbocycles. The molecule has 7 nitrogen and oxygen atoms in total. The van der Waals surface area contributed by atoms with Crippen LogP contribution in [0.25, 0.3) is 0 Å². The number of hydrogen-bond donors (Lipinski definition) is 2. The topological polar surface area (TPSA) is 91.7 Å². The molecule has 2 saturated heterocycles. The molecule has 2 aliphatic rings. The molecule has 22 heavy (non-hydrogen) atoms. The predicted molar refractivity (Wildman–Crippen MR) is 80.1 cm³/mol. The first kappa shape index (κ1) is 15.5. The molecule has 2 fully saturated rings. The first-order valence-corrected chi connectivity index (χ1v) is 9.12. The van der Waals surface area contributed by atoms with E-state index in [1.54, 1.807) is 18.4 Å². The number of hydrogen-bond acceptors (Lipinski definition) is 4. The molecule has 3 rings (SSSR count). The van der Waals surface area contributed by atoms with Crippen molar-refractivity contribution in [2.24, 2.45) is 0 Å². The zero-order valence-electron chi connectivity index (χ0n) is 12.3. The highest BCUT2D eigenvalue weighted by Crippen LogP contribution is 2.34. The summed E-state index contributed by atoms with van der Waals surface area (Å²) in [5.41, 5.74) is 0. The fourth-order valence-corrected chi connectivity index (χ4v) is 4.73. The Bertz CT molecular complexity index is 614. The number of nitrogens with zero attached hydrogens (tertiary/aromatic N) is 1. The van der Waals surface area contributed by atoms with E-state index >= 15 is 0 Å². The van der Waals surface area contributed by atoms with Crippen LogP contribution in [0.1, 0.15) is 43.9 Å². The second-order valence-electron chi connectivity index (χ2n) is 5.75. The number of nitrogens with one attached hydrogen (secondary N) is 2. The van der Waals surface area contributed by atoms with Gasteiger partial charge < -0.3 is 9.73 Å². The van der Waals surface area contributed by atoms with Crippen molar-refractivity contribution in [1.29, 1.82) is 0 Å². The van der Waals surface area contributed by atoms with Crippen molar-refractivity contribution in [1.82, 2.24) is 14.3 Å². The van der Waals surface area contributed by atoms with E-state index < -0.39 is 16.3 Å². The molecule has 0 saturated carbocycles. The molecule has 122 valence electrons. The van der Waals surface area contributed by atoms with E-state index in [0.29, 0.717) is 25.3 Å². The van der Waals surface area contributed by atoms with Gasteiger partial charge in [-0.3, -0.25) is 4.79 Å².